The Labute approximate surface area is 365 Å². The van der Waals surface area contributed by atoms with Gasteiger partial charge in [0.15, 0.2) is 0 Å². The van der Waals surface area contributed by atoms with Crippen molar-refractivity contribution in [1.29, 1.82) is 0 Å². The summed E-state index contributed by atoms with van der Waals surface area (Å²) in [7, 11) is 0. The van der Waals surface area contributed by atoms with Crippen LogP contribution in [0.25, 0.3) is 66.8 Å². The summed E-state index contributed by atoms with van der Waals surface area (Å²) in [4.78, 5) is 2.53. The minimum absolute atomic E-state index is 0.0808. The first-order valence-corrected chi connectivity index (χ1v) is 22.4. The molecule has 0 amide bonds. The molecule has 0 N–H and O–H groups in total. The van der Waals surface area contributed by atoms with Crippen LogP contribution in [-0.4, -0.2) is 0 Å². The van der Waals surface area contributed by atoms with E-state index in [1.165, 1.54) is 104 Å². The minimum atomic E-state index is 0.0808. The van der Waals surface area contributed by atoms with Gasteiger partial charge >= 0.3 is 0 Å². The summed E-state index contributed by atoms with van der Waals surface area (Å²) >= 11 is 0. The van der Waals surface area contributed by atoms with E-state index in [4.69, 9.17) is 0 Å². The van der Waals surface area contributed by atoms with Gasteiger partial charge in [-0.3, -0.25) is 0 Å². The third kappa shape index (κ3) is 5.98. The molecule has 2 fully saturated rings. The van der Waals surface area contributed by atoms with Crippen molar-refractivity contribution in [2.75, 3.05) is 4.90 Å². The zero-order chi connectivity index (χ0) is 41.0. The fourth-order valence-electron chi connectivity index (χ4n) is 11.7. The van der Waals surface area contributed by atoms with Crippen molar-refractivity contribution < 1.29 is 0 Å². The second-order valence-corrected chi connectivity index (χ2v) is 17.6. The highest BCUT2D eigenvalue weighted by atomic mass is 15.1. The highest BCUT2D eigenvalue weighted by Crippen LogP contribution is 2.66. The molecule has 1 nitrogen and oxygen atoms in total. The van der Waals surface area contributed by atoms with Crippen molar-refractivity contribution >= 4 is 17.1 Å². The van der Waals surface area contributed by atoms with Gasteiger partial charge in [0.2, 0.25) is 0 Å². The summed E-state index contributed by atoms with van der Waals surface area (Å²) in [5, 5.41) is 0. The Kier molecular flexibility index (Phi) is 8.89. The van der Waals surface area contributed by atoms with Crippen molar-refractivity contribution in [3.05, 3.63) is 236 Å². The number of hydrogen-bond acceptors (Lipinski definition) is 1. The first-order chi connectivity index (χ1) is 30.7. The van der Waals surface area contributed by atoms with Gasteiger partial charge in [0, 0.05) is 22.4 Å². The van der Waals surface area contributed by atoms with E-state index in [2.05, 4.69) is 229 Å². The van der Waals surface area contributed by atoms with Crippen molar-refractivity contribution in [3.8, 4) is 66.8 Å². The quantitative estimate of drug-likeness (QED) is 0.148. The molecule has 9 aromatic rings. The van der Waals surface area contributed by atoms with E-state index in [1.807, 2.05) is 0 Å². The highest BCUT2D eigenvalue weighted by molar-refractivity contribution is 5.98. The molecule has 0 aliphatic heterocycles. The molecular formula is C61H47N. The standard InChI is InChI=1S/C61H47N/c1-3-16-43(17-4-1)46-20-15-21-47(39-46)44-31-34-49(35-32-44)62(50-36-37-56-55-26-11-13-28-58(55)61(59(56)40-50)41-42-30-33-48(61)38-42)60-29-14-12-27-57(60)54-25-10-9-24-53(54)52-23-8-7-22-51(52)45-18-5-2-6-19-45/h1-29,31-32,34-37,39-40,42,48H,30,33,38,41H2. The summed E-state index contributed by atoms with van der Waals surface area (Å²) in [6.45, 7) is 0. The first kappa shape index (κ1) is 36.6. The average molecular weight is 794 g/mol. The van der Waals surface area contributed by atoms with Gasteiger partial charge in [-0.05, 0) is 140 Å². The molecule has 12 rings (SSSR count). The fourth-order valence-corrected chi connectivity index (χ4v) is 11.7. The molecule has 62 heavy (non-hydrogen) atoms. The summed E-state index contributed by atoms with van der Waals surface area (Å²) < 4.78 is 0. The molecule has 0 aromatic heterocycles. The lowest BCUT2D eigenvalue weighted by Gasteiger charge is -2.37. The Morgan fingerprint density at radius 2 is 0.855 bits per heavy atom. The Morgan fingerprint density at radius 3 is 1.53 bits per heavy atom. The fraction of sp³-hybridized carbons (Fsp3) is 0.115. The van der Waals surface area contributed by atoms with Crippen molar-refractivity contribution in [1.82, 2.24) is 0 Å². The van der Waals surface area contributed by atoms with Gasteiger partial charge in [-0.15, -0.1) is 0 Å². The summed E-state index contributed by atoms with van der Waals surface area (Å²) in [5.41, 5.74) is 21.7. The first-order valence-electron chi connectivity index (χ1n) is 22.4. The molecule has 3 aliphatic carbocycles. The Hall–Kier alpha value is -7.22. The van der Waals surface area contributed by atoms with Crippen LogP contribution >= 0.6 is 0 Å². The zero-order valence-corrected chi connectivity index (χ0v) is 34.8. The maximum absolute atomic E-state index is 2.58. The van der Waals surface area contributed by atoms with E-state index in [0.717, 1.165) is 17.3 Å². The average Bonchev–Trinajstić information content (AvgIpc) is 4.05. The molecule has 9 aromatic carbocycles. The van der Waals surface area contributed by atoms with E-state index >= 15 is 0 Å². The van der Waals surface area contributed by atoms with Gasteiger partial charge in [0.1, 0.15) is 0 Å². The predicted molar refractivity (Wildman–Crippen MR) is 260 cm³/mol. The van der Waals surface area contributed by atoms with Crippen molar-refractivity contribution in [3.63, 3.8) is 0 Å². The largest absolute Gasteiger partial charge is 0.310 e. The number of nitrogens with zero attached hydrogens (tertiary/aromatic N) is 1. The Morgan fingerprint density at radius 1 is 0.339 bits per heavy atom. The lowest BCUT2D eigenvalue weighted by molar-refractivity contribution is 0.327. The molecule has 2 saturated carbocycles. The minimum Gasteiger partial charge on any atom is -0.310 e. The van der Waals surface area contributed by atoms with Gasteiger partial charge in [-0.2, -0.15) is 0 Å². The van der Waals surface area contributed by atoms with Crippen molar-refractivity contribution in [2.24, 2.45) is 11.8 Å². The van der Waals surface area contributed by atoms with E-state index < -0.39 is 0 Å². The monoisotopic (exact) mass is 793 g/mol. The Balaban J connectivity index is 1.03. The summed E-state index contributed by atoms with van der Waals surface area (Å²) in [6, 6.07) is 83.2. The molecule has 0 saturated heterocycles. The molecule has 296 valence electrons. The number of hydrogen-bond donors (Lipinski definition) is 0. The van der Waals surface area contributed by atoms with Gasteiger partial charge in [0.25, 0.3) is 0 Å². The van der Waals surface area contributed by atoms with E-state index in [-0.39, 0.29) is 5.41 Å². The lowest BCUT2D eigenvalue weighted by atomic mass is 9.67. The maximum Gasteiger partial charge on any atom is 0.0540 e. The van der Waals surface area contributed by atoms with Crippen LogP contribution in [-0.2, 0) is 5.41 Å². The van der Waals surface area contributed by atoms with Crippen LogP contribution < -0.4 is 4.90 Å². The van der Waals surface area contributed by atoms with Gasteiger partial charge in [-0.1, -0.05) is 194 Å². The topological polar surface area (TPSA) is 3.24 Å². The van der Waals surface area contributed by atoms with E-state index in [9.17, 15) is 0 Å². The van der Waals surface area contributed by atoms with Crippen molar-refractivity contribution in [2.45, 2.75) is 31.1 Å². The van der Waals surface area contributed by atoms with E-state index in [1.54, 1.807) is 5.56 Å². The van der Waals surface area contributed by atoms with E-state index in [0.29, 0.717) is 5.92 Å². The molecule has 0 radical (unpaired) electrons. The van der Waals surface area contributed by atoms with Crippen LogP contribution in [0.3, 0.4) is 0 Å². The summed E-state index contributed by atoms with van der Waals surface area (Å²) in [5.74, 6) is 1.50. The lowest BCUT2D eigenvalue weighted by Crippen LogP contribution is -2.32. The normalized spacial score (nSPS) is 18.1. The van der Waals surface area contributed by atoms with Crippen LogP contribution in [0.5, 0.6) is 0 Å². The van der Waals surface area contributed by atoms with Gasteiger partial charge < -0.3 is 4.90 Å². The number of anilines is 3. The Bertz CT molecular complexity index is 3090. The van der Waals surface area contributed by atoms with Gasteiger partial charge in [0.05, 0.1) is 5.69 Å². The molecule has 0 heterocycles. The molecule has 3 unspecified atom stereocenters. The predicted octanol–water partition coefficient (Wildman–Crippen LogP) is 16.6. The third-order valence-corrected chi connectivity index (χ3v) is 14.4. The smallest absolute Gasteiger partial charge is 0.0540 e. The number of benzene rings is 9. The molecule has 1 heteroatoms. The van der Waals surface area contributed by atoms with Crippen LogP contribution in [0, 0.1) is 11.8 Å². The van der Waals surface area contributed by atoms with Crippen LogP contribution in [0.15, 0.2) is 224 Å². The molecule has 3 atom stereocenters. The summed E-state index contributed by atoms with van der Waals surface area (Å²) in [6.07, 6.45) is 5.30. The molecule has 2 bridgehead atoms. The molecule has 1 spiro atoms. The number of fused-ring (bicyclic) bond motifs is 8. The molecular weight excluding hydrogens is 747 g/mol. The highest BCUT2D eigenvalue weighted by Gasteiger charge is 2.56. The molecule has 3 aliphatic rings. The second-order valence-electron chi connectivity index (χ2n) is 17.6. The van der Waals surface area contributed by atoms with Crippen LogP contribution in [0.4, 0.5) is 17.1 Å². The maximum atomic E-state index is 2.58. The number of rotatable bonds is 8. The SMILES string of the molecule is c1ccc(-c2cccc(-c3ccc(N(c4ccc5c(c4)C4(CC6CCC4C6)c4ccccc4-5)c4ccccc4-c4ccccc4-c4ccccc4-c4ccccc4)cc3)c2)cc1. The van der Waals surface area contributed by atoms with Crippen LogP contribution in [0.2, 0.25) is 0 Å². The second kappa shape index (κ2) is 15.0. The third-order valence-electron chi connectivity index (χ3n) is 14.4. The zero-order valence-electron chi connectivity index (χ0n) is 34.8. The van der Waals surface area contributed by atoms with Gasteiger partial charge in [-0.25, -0.2) is 0 Å². The number of para-hydroxylation sites is 1. The van der Waals surface area contributed by atoms with Crippen LogP contribution in [0.1, 0.15) is 36.8 Å².